The van der Waals surface area contributed by atoms with Crippen molar-refractivity contribution in [1.29, 1.82) is 0 Å². The molecule has 0 aromatic heterocycles. The van der Waals surface area contributed by atoms with E-state index in [1.807, 2.05) is 6.92 Å². The van der Waals surface area contributed by atoms with Crippen LogP contribution in [0.3, 0.4) is 0 Å². The summed E-state index contributed by atoms with van der Waals surface area (Å²) in [6, 6.07) is 11.4. The highest BCUT2D eigenvalue weighted by molar-refractivity contribution is 5.97. The lowest BCUT2D eigenvalue weighted by atomic mass is 9.78. The summed E-state index contributed by atoms with van der Waals surface area (Å²) in [5, 5.41) is 4.77. The van der Waals surface area contributed by atoms with E-state index in [0.29, 0.717) is 30.5 Å². The number of anilines is 1. The largest absolute Gasteiger partial charge is 0.573 e. The van der Waals surface area contributed by atoms with E-state index in [2.05, 4.69) is 15.4 Å². The number of carbonyl (C=O) groups excluding carboxylic acids is 3. The Morgan fingerprint density at radius 1 is 0.864 bits per heavy atom. The van der Waals surface area contributed by atoms with Crippen molar-refractivity contribution in [3.63, 3.8) is 0 Å². The van der Waals surface area contributed by atoms with Crippen molar-refractivity contribution in [3.05, 3.63) is 94.8 Å². The zero-order valence-corrected chi connectivity index (χ0v) is 23.8. The van der Waals surface area contributed by atoms with Crippen molar-refractivity contribution in [1.82, 2.24) is 5.32 Å². The molecule has 2 atom stereocenters. The Morgan fingerprint density at radius 2 is 1.45 bits per heavy atom. The van der Waals surface area contributed by atoms with Gasteiger partial charge in [0.1, 0.15) is 17.3 Å². The molecule has 2 N–H and O–H groups in total. The predicted molar refractivity (Wildman–Crippen MR) is 148 cm³/mol. The second kappa shape index (κ2) is 15.3. The van der Waals surface area contributed by atoms with Crippen LogP contribution in [-0.2, 0) is 14.3 Å². The topological polar surface area (TPSA) is 93.7 Å². The molecule has 236 valence electrons. The van der Waals surface area contributed by atoms with Crippen molar-refractivity contribution in [2.24, 2.45) is 0 Å². The summed E-state index contributed by atoms with van der Waals surface area (Å²) >= 11 is 0. The maximum atomic E-state index is 14.4. The van der Waals surface area contributed by atoms with E-state index in [0.717, 1.165) is 12.1 Å². The van der Waals surface area contributed by atoms with Gasteiger partial charge in [-0.15, -0.1) is 13.2 Å². The van der Waals surface area contributed by atoms with Gasteiger partial charge in [0.25, 0.3) is 5.91 Å². The molecule has 0 radical (unpaired) electrons. The van der Waals surface area contributed by atoms with E-state index in [4.69, 9.17) is 4.74 Å². The van der Waals surface area contributed by atoms with Crippen LogP contribution in [-0.4, -0.2) is 37.3 Å². The zero-order chi connectivity index (χ0) is 32.4. The number of hydrogen-bond donors (Lipinski definition) is 2. The highest BCUT2D eigenvalue weighted by atomic mass is 19.4. The van der Waals surface area contributed by atoms with Crippen LogP contribution in [0.25, 0.3) is 0 Å². The molecule has 0 heterocycles. The van der Waals surface area contributed by atoms with Gasteiger partial charge < -0.3 is 20.1 Å². The summed E-state index contributed by atoms with van der Waals surface area (Å²) in [6.45, 7) is 3.75. The first kappa shape index (κ1) is 33.9. The molecule has 13 heteroatoms. The summed E-state index contributed by atoms with van der Waals surface area (Å²) in [4.78, 5) is 37.7. The van der Waals surface area contributed by atoms with Gasteiger partial charge in [0.05, 0.1) is 18.9 Å². The molecule has 0 bridgehead atoms. The van der Waals surface area contributed by atoms with Gasteiger partial charge in [-0.25, -0.2) is 13.2 Å². The fourth-order valence-corrected chi connectivity index (χ4v) is 4.64. The lowest BCUT2D eigenvalue weighted by Crippen LogP contribution is -2.28. The number of amides is 2. The van der Waals surface area contributed by atoms with Crippen LogP contribution in [0.1, 0.15) is 66.4 Å². The van der Waals surface area contributed by atoms with Crippen LogP contribution < -0.4 is 15.4 Å². The van der Waals surface area contributed by atoms with E-state index < -0.39 is 64.9 Å². The minimum atomic E-state index is -4.95. The molecule has 0 aliphatic rings. The van der Waals surface area contributed by atoms with Crippen LogP contribution in [0.5, 0.6) is 5.75 Å². The second-order valence-electron chi connectivity index (χ2n) is 9.66. The van der Waals surface area contributed by atoms with Crippen molar-refractivity contribution in [2.45, 2.75) is 51.3 Å². The molecule has 0 spiro atoms. The van der Waals surface area contributed by atoms with Gasteiger partial charge in [0, 0.05) is 24.2 Å². The molecule has 0 aliphatic heterocycles. The molecular weight excluding hydrogens is 594 g/mol. The smallest absolute Gasteiger partial charge is 0.466 e. The Labute approximate surface area is 249 Å². The Balaban J connectivity index is 1.94. The minimum absolute atomic E-state index is 0.0188. The summed E-state index contributed by atoms with van der Waals surface area (Å²) in [5.41, 5.74) is 0.117. The highest BCUT2D eigenvalue weighted by Gasteiger charge is 2.34. The van der Waals surface area contributed by atoms with E-state index in [1.165, 1.54) is 24.3 Å². The summed E-state index contributed by atoms with van der Waals surface area (Å²) in [6.07, 6.45) is -4.10. The first-order valence-electron chi connectivity index (χ1n) is 13.7. The number of carbonyl (C=O) groups is 3. The van der Waals surface area contributed by atoms with Gasteiger partial charge in [-0.3, -0.25) is 14.4 Å². The predicted octanol–water partition coefficient (Wildman–Crippen LogP) is 6.99. The molecule has 3 aromatic carbocycles. The van der Waals surface area contributed by atoms with Gasteiger partial charge >= 0.3 is 12.3 Å². The fraction of sp³-hybridized carbons (Fsp3) is 0.323. The number of halogens is 6. The SMILES string of the molecule is CCC[C@@H](c1ccc(C(=O)NCCC(=O)OCC)cc1)[C@H](C(=O)Nc1c(F)cc(F)cc1F)c1ccc(OC(F)(F)F)cc1. The highest BCUT2D eigenvalue weighted by Crippen LogP contribution is 2.39. The number of alkyl halides is 3. The Kier molecular flexibility index (Phi) is 11.8. The molecular formula is C31H30F6N2O5. The van der Waals surface area contributed by atoms with Gasteiger partial charge in [0.2, 0.25) is 5.91 Å². The first-order chi connectivity index (χ1) is 20.8. The zero-order valence-electron chi connectivity index (χ0n) is 23.8. The van der Waals surface area contributed by atoms with Gasteiger partial charge in [-0.1, -0.05) is 37.6 Å². The molecule has 2 amide bonds. The third kappa shape index (κ3) is 9.48. The number of esters is 1. The molecule has 0 saturated carbocycles. The maximum absolute atomic E-state index is 14.4. The molecule has 0 saturated heterocycles. The molecule has 3 rings (SSSR count). The molecule has 0 fully saturated rings. The lowest BCUT2D eigenvalue weighted by Gasteiger charge is -2.28. The minimum Gasteiger partial charge on any atom is -0.466 e. The summed E-state index contributed by atoms with van der Waals surface area (Å²) in [7, 11) is 0. The van der Waals surface area contributed by atoms with E-state index in [1.54, 1.807) is 19.1 Å². The van der Waals surface area contributed by atoms with Crippen molar-refractivity contribution in [2.75, 3.05) is 18.5 Å². The average Bonchev–Trinajstić information content (AvgIpc) is 2.95. The quantitative estimate of drug-likeness (QED) is 0.158. The number of hydrogen-bond acceptors (Lipinski definition) is 5. The first-order valence-corrected chi connectivity index (χ1v) is 13.7. The lowest BCUT2D eigenvalue weighted by molar-refractivity contribution is -0.274. The van der Waals surface area contributed by atoms with Gasteiger partial charge in [-0.2, -0.15) is 0 Å². The van der Waals surface area contributed by atoms with Crippen molar-refractivity contribution >= 4 is 23.5 Å². The molecule has 7 nitrogen and oxygen atoms in total. The number of nitrogens with one attached hydrogen (secondary N) is 2. The molecule has 3 aromatic rings. The summed E-state index contributed by atoms with van der Waals surface area (Å²) < 4.78 is 89.2. The van der Waals surface area contributed by atoms with E-state index in [-0.39, 0.29) is 30.7 Å². The number of benzene rings is 3. The molecule has 0 aliphatic carbocycles. The van der Waals surface area contributed by atoms with E-state index >= 15 is 0 Å². The van der Waals surface area contributed by atoms with Crippen LogP contribution in [0.2, 0.25) is 0 Å². The van der Waals surface area contributed by atoms with Crippen LogP contribution >= 0.6 is 0 Å². The van der Waals surface area contributed by atoms with Gasteiger partial charge in [0.15, 0.2) is 11.6 Å². The summed E-state index contributed by atoms with van der Waals surface area (Å²) in [5.74, 6) is -8.14. The van der Waals surface area contributed by atoms with Crippen LogP contribution in [0.15, 0.2) is 60.7 Å². The fourth-order valence-electron chi connectivity index (χ4n) is 4.64. The Morgan fingerprint density at radius 3 is 2.00 bits per heavy atom. The average molecular weight is 625 g/mol. The molecule has 0 unspecified atom stereocenters. The maximum Gasteiger partial charge on any atom is 0.573 e. The van der Waals surface area contributed by atoms with Crippen molar-refractivity contribution in [3.8, 4) is 5.75 Å². The standard InChI is InChI=1S/C31H30F6N2O5/c1-3-5-23(18-6-8-20(9-7-18)29(41)38-15-14-26(40)43-4-2)27(19-10-12-22(13-11-19)44-31(35,36)37)30(42)39-28-24(33)16-21(32)17-25(28)34/h6-13,16-17,23,27H,3-5,14-15H2,1-2H3,(H,38,41)(H,39,42)/t23-,27+/m0/s1. The van der Waals surface area contributed by atoms with Crippen molar-refractivity contribution < 1.29 is 50.2 Å². The van der Waals surface area contributed by atoms with E-state index in [9.17, 15) is 40.7 Å². The number of ether oxygens (including phenoxy) is 2. The number of rotatable bonds is 13. The van der Waals surface area contributed by atoms with Crippen LogP contribution in [0, 0.1) is 17.5 Å². The third-order valence-electron chi connectivity index (χ3n) is 6.53. The normalized spacial score (nSPS) is 12.6. The van der Waals surface area contributed by atoms with Crippen LogP contribution in [0.4, 0.5) is 32.0 Å². The van der Waals surface area contributed by atoms with Gasteiger partial charge in [-0.05, 0) is 54.7 Å². The molecule has 44 heavy (non-hydrogen) atoms. The third-order valence-corrected chi connectivity index (χ3v) is 6.53. The second-order valence-corrected chi connectivity index (χ2v) is 9.66. The Hall–Kier alpha value is -4.55. The Bertz CT molecular complexity index is 1420. The monoisotopic (exact) mass is 624 g/mol.